The SMILES string of the molecule is CC(=O)c1cc(F)cc(I)c1C(F)(F)F. The van der Waals surface area contributed by atoms with E-state index in [2.05, 4.69) is 0 Å². The minimum atomic E-state index is -4.65. The van der Waals surface area contributed by atoms with Crippen molar-refractivity contribution in [1.82, 2.24) is 0 Å². The van der Waals surface area contributed by atoms with Crippen LogP contribution in [0.3, 0.4) is 0 Å². The van der Waals surface area contributed by atoms with Gasteiger partial charge < -0.3 is 0 Å². The number of benzene rings is 1. The molecular formula is C9H5F4IO. The number of halogens is 5. The second-order valence-corrected chi connectivity index (χ2v) is 4.03. The minimum absolute atomic E-state index is 0.315. The molecule has 0 saturated carbocycles. The molecule has 0 fully saturated rings. The third-order valence-electron chi connectivity index (χ3n) is 1.72. The Morgan fingerprint density at radius 3 is 2.27 bits per heavy atom. The lowest BCUT2D eigenvalue weighted by molar-refractivity contribution is -0.138. The molecule has 0 radical (unpaired) electrons. The average Bonchev–Trinajstić information content (AvgIpc) is 1.99. The van der Waals surface area contributed by atoms with Crippen molar-refractivity contribution in [2.24, 2.45) is 0 Å². The molecule has 0 unspecified atom stereocenters. The van der Waals surface area contributed by atoms with Crippen LogP contribution in [0.25, 0.3) is 0 Å². The van der Waals surface area contributed by atoms with Gasteiger partial charge in [-0.1, -0.05) is 0 Å². The molecule has 0 bridgehead atoms. The van der Waals surface area contributed by atoms with Gasteiger partial charge in [-0.3, -0.25) is 4.79 Å². The highest BCUT2D eigenvalue weighted by Gasteiger charge is 2.37. The quantitative estimate of drug-likeness (QED) is 0.436. The van der Waals surface area contributed by atoms with Crippen LogP contribution in [-0.2, 0) is 6.18 Å². The zero-order valence-electron chi connectivity index (χ0n) is 7.45. The predicted octanol–water partition coefficient (Wildman–Crippen LogP) is 3.65. The second kappa shape index (κ2) is 4.07. The van der Waals surface area contributed by atoms with Crippen LogP contribution < -0.4 is 0 Å². The molecule has 0 spiro atoms. The highest BCUT2D eigenvalue weighted by molar-refractivity contribution is 14.1. The molecule has 1 rings (SSSR count). The summed E-state index contributed by atoms with van der Waals surface area (Å²) in [4.78, 5) is 10.9. The van der Waals surface area contributed by atoms with E-state index in [0.717, 1.165) is 13.0 Å². The van der Waals surface area contributed by atoms with E-state index in [1.165, 1.54) is 22.6 Å². The van der Waals surface area contributed by atoms with E-state index >= 15 is 0 Å². The van der Waals surface area contributed by atoms with Crippen LogP contribution in [0, 0.1) is 9.39 Å². The summed E-state index contributed by atoms with van der Waals surface area (Å²) >= 11 is 1.36. The van der Waals surface area contributed by atoms with Crippen molar-refractivity contribution in [2.45, 2.75) is 13.1 Å². The highest BCUT2D eigenvalue weighted by atomic mass is 127. The third kappa shape index (κ3) is 2.67. The first-order valence-corrected chi connectivity index (χ1v) is 4.88. The molecule has 0 saturated heterocycles. The lowest BCUT2D eigenvalue weighted by atomic mass is 10.0. The largest absolute Gasteiger partial charge is 0.418 e. The van der Waals surface area contributed by atoms with Gasteiger partial charge in [0.1, 0.15) is 5.82 Å². The molecule has 0 heterocycles. The molecule has 6 heteroatoms. The van der Waals surface area contributed by atoms with Crippen molar-refractivity contribution in [3.05, 3.63) is 32.6 Å². The smallest absolute Gasteiger partial charge is 0.294 e. The number of hydrogen-bond donors (Lipinski definition) is 0. The van der Waals surface area contributed by atoms with E-state index in [4.69, 9.17) is 0 Å². The average molecular weight is 332 g/mol. The van der Waals surface area contributed by atoms with Crippen LogP contribution in [0.4, 0.5) is 17.6 Å². The van der Waals surface area contributed by atoms with Crippen molar-refractivity contribution < 1.29 is 22.4 Å². The van der Waals surface area contributed by atoms with Crippen molar-refractivity contribution in [2.75, 3.05) is 0 Å². The lowest BCUT2D eigenvalue weighted by Gasteiger charge is -2.13. The monoisotopic (exact) mass is 332 g/mol. The van der Waals surface area contributed by atoms with E-state index in [9.17, 15) is 22.4 Å². The van der Waals surface area contributed by atoms with E-state index in [0.29, 0.717) is 6.07 Å². The Morgan fingerprint density at radius 1 is 1.33 bits per heavy atom. The van der Waals surface area contributed by atoms with Crippen LogP contribution in [0.2, 0.25) is 0 Å². The van der Waals surface area contributed by atoms with Gasteiger partial charge in [0.05, 0.1) is 5.56 Å². The fraction of sp³-hybridized carbons (Fsp3) is 0.222. The zero-order valence-corrected chi connectivity index (χ0v) is 9.61. The van der Waals surface area contributed by atoms with Gasteiger partial charge in [-0.25, -0.2) is 4.39 Å². The van der Waals surface area contributed by atoms with Crippen molar-refractivity contribution >= 4 is 28.4 Å². The number of rotatable bonds is 1. The van der Waals surface area contributed by atoms with E-state index in [1.807, 2.05) is 0 Å². The van der Waals surface area contributed by atoms with E-state index < -0.39 is 28.9 Å². The molecular weight excluding hydrogens is 327 g/mol. The maximum atomic E-state index is 12.8. The summed E-state index contributed by atoms with van der Waals surface area (Å²) in [5, 5.41) is 0. The first-order chi connectivity index (χ1) is 6.73. The highest BCUT2D eigenvalue weighted by Crippen LogP contribution is 2.36. The number of carbonyl (C=O) groups is 1. The molecule has 0 amide bonds. The Kier molecular flexibility index (Phi) is 3.37. The molecule has 15 heavy (non-hydrogen) atoms. The summed E-state index contributed by atoms with van der Waals surface area (Å²) in [6, 6.07) is 1.35. The summed E-state index contributed by atoms with van der Waals surface area (Å²) in [7, 11) is 0. The van der Waals surface area contributed by atoms with Crippen molar-refractivity contribution in [3.63, 3.8) is 0 Å². The van der Waals surface area contributed by atoms with Gasteiger partial charge >= 0.3 is 6.18 Å². The fourth-order valence-corrected chi connectivity index (χ4v) is 2.03. The van der Waals surface area contributed by atoms with Crippen LogP contribution >= 0.6 is 22.6 Å². The minimum Gasteiger partial charge on any atom is -0.294 e. The van der Waals surface area contributed by atoms with Crippen LogP contribution in [0.5, 0.6) is 0 Å². The normalized spacial score (nSPS) is 11.6. The van der Waals surface area contributed by atoms with Crippen LogP contribution in [0.1, 0.15) is 22.8 Å². The van der Waals surface area contributed by atoms with Gasteiger partial charge in [0.15, 0.2) is 5.78 Å². The first kappa shape index (κ1) is 12.4. The predicted molar refractivity (Wildman–Crippen MR) is 54.1 cm³/mol. The Morgan fingerprint density at radius 2 is 1.87 bits per heavy atom. The first-order valence-electron chi connectivity index (χ1n) is 3.80. The van der Waals surface area contributed by atoms with E-state index in [1.54, 1.807) is 0 Å². The Labute approximate surface area is 96.6 Å². The van der Waals surface area contributed by atoms with Gasteiger partial charge in [0.2, 0.25) is 0 Å². The summed E-state index contributed by atoms with van der Waals surface area (Å²) in [5.41, 5.74) is -1.70. The van der Waals surface area contributed by atoms with Crippen molar-refractivity contribution in [1.29, 1.82) is 0 Å². The molecule has 0 aliphatic heterocycles. The standard InChI is InChI=1S/C9H5F4IO/c1-4(15)6-2-5(10)3-7(14)8(6)9(11,12)13/h2-3H,1H3. The van der Waals surface area contributed by atoms with Gasteiger partial charge in [-0.2, -0.15) is 13.2 Å². The summed E-state index contributed by atoms with van der Waals surface area (Å²) in [6.45, 7) is 0.972. The fourth-order valence-electron chi connectivity index (χ4n) is 1.14. The number of ketones is 1. The Balaban J connectivity index is 3.55. The Bertz CT molecular complexity index is 411. The number of hydrogen-bond acceptors (Lipinski definition) is 1. The van der Waals surface area contributed by atoms with Gasteiger partial charge in [0.25, 0.3) is 0 Å². The molecule has 1 aromatic rings. The topological polar surface area (TPSA) is 17.1 Å². The molecule has 0 atom stereocenters. The molecule has 0 aliphatic carbocycles. The molecule has 0 aliphatic rings. The van der Waals surface area contributed by atoms with Gasteiger partial charge in [0, 0.05) is 9.13 Å². The lowest BCUT2D eigenvalue weighted by Crippen LogP contribution is -2.14. The summed E-state index contributed by atoms with van der Waals surface area (Å²) in [6.07, 6.45) is -4.65. The molecule has 0 aromatic heterocycles. The second-order valence-electron chi connectivity index (χ2n) is 2.86. The molecule has 0 N–H and O–H groups in total. The van der Waals surface area contributed by atoms with E-state index in [-0.39, 0.29) is 3.57 Å². The van der Waals surface area contributed by atoms with Gasteiger partial charge in [-0.05, 0) is 41.6 Å². The zero-order chi connectivity index (χ0) is 11.8. The maximum Gasteiger partial charge on any atom is 0.418 e. The number of alkyl halides is 3. The summed E-state index contributed by atoms with van der Waals surface area (Å²) in [5.74, 6) is -1.66. The Hall–Kier alpha value is -0.660. The maximum absolute atomic E-state index is 12.8. The molecule has 1 nitrogen and oxygen atoms in total. The summed E-state index contributed by atoms with van der Waals surface area (Å²) < 4.78 is 50.1. The van der Waals surface area contributed by atoms with Crippen molar-refractivity contribution in [3.8, 4) is 0 Å². The molecule has 1 aromatic carbocycles. The molecule has 82 valence electrons. The number of carbonyl (C=O) groups excluding carboxylic acids is 1. The van der Waals surface area contributed by atoms with Crippen LogP contribution in [0.15, 0.2) is 12.1 Å². The number of Topliss-reactive ketones (excluding diaryl/α,β-unsaturated/α-hetero) is 1. The van der Waals surface area contributed by atoms with Gasteiger partial charge in [-0.15, -0.1) is 0 Å². The van der Waals surface area contributed by atoms with Crippen LogP contribution in [-0.4, -0.2) is 5.78 Å². The third-order valence-corrected chi connectivity index (χ3v) is 2.57.